The Kier molecular flexibility index (Phi) is 8.15. The van der Waals surface area contributed by atoms with Crippen LogP contribution in [0.2, 0.25) is 0 Å². The highest BCUT2D eigenvalue weighted by Gasteiger charge is 2.16. The Bertz CT molecular complexity index is 623. The summed E-state index contributed by atoms with van der Waals surface area (Å²) in [5.74, 6) is -0.453. The third kappa shape index (κ3) is 6.52. The fourth-order valence-electron chi connectivity index (χ4n) is 1.98. The molecule has 0 aliphatic carbocycles. The Hall–Kier alpha value is -2.18. The van der Waals surface area contributed by atoms with E-state index in [-0.39, 0.29) is 31.2 Å². The fourth-order valence-corrected chi connectivity index (χ4v) is 1.98. The molecule has 0 saturated carbocycles. The van der Waals surface area contributed by atoms with Gasteiger partial charge in [0, 0.05) is 0 Å². The van der Waals surface area contributed by atoms with Crippen molar-refractivity contribution in [2.45, 2.75) is 25.7 Å². The van der Waals surface area contributed by atoms with Crippen LogP contribution in [0.1, 0.15) is 11.1 Å². The van der Waals surface area contributed by atoms with Gasteiger partial charge in [0.25, 0.3) is 0 Å². The van der Waals surface area contributed by atoms with Crippen molar-refractivity contribution in [2.75, 3.05) is 0 Å². The largest absolute Gasteiger partial charge is 0.460 e. The van der Waals surface area contributed by atoms with Crippen molar-refractivity contribution in [1.29, 1.82) is 0 Å². The highest BCUT2D eigenvalue weighted by Crippen LogP contribution is 2.16. The maximum atomic E-state index is 12.1. The summed E-state index contributed by atoms with van der Waals surface area (Å²) in [5.41, 5.74) is 7.42. The lowest BCUT2D eigenvalue weighted by molar-refractivity contribution is -0.146. The van der Waals surface area contributed by atoms with Crippen LogP contribution < -0.4 is 10.5 Å². The van der Waals surface area contributed by atoms with E-state index in [2.05, 4.69) is 4.74 Å². The quantitative estimate of drug-likeness (QED) is 0.772. The predicted octanol–water partition coefficient (Wildman–Crippen LogP) is 3.32. The summed E-state index contributed by atoms with van der Waals surface area (Å²) < 4.78 is 33.5. The Morgan fingerprint density at radius 2 is 1.62 bits per heavy atom. The molecule has 2 aromatic carbocycles. The molecule has 0 heterocycles. The zero-order chi connectivity index (χ0) is 16.7. The second-order valence-corrected chi connectivity index (χ2v) is 4.93. The average Bonchev–Trinajstić information content (AvgIpc) is 2.55. The first-order valence-electron chi connectivity index (χ1n) is 7.04. The van der Waals surface area contributed by atoms with E-state index < -0.39 is 18.6 Å². The van der Waals surface area contributed by atoms with Gasteiger partial charge in [0.15, 0.2) is 0 Å². The lowest BCUT2D eigenvalue weighted by atomic mass is 10.1. The molecule has 4 nitrogen and oxygen atoms in total. The summed E-state index contributed by atoms with van der Waals surface area (Å²) >= 11 is 0. The van der Waals surface area contributed by atoms with Crippen LogP contribution in [0.5, 0.6) is 5.75 Å². The maximum Gasteiger partial charge on any atom is 0.387 e. The van der Waals surface area contributed by atoms with Gasteiger partial charge in [0.2, 0.25) is 0 Å². The number of hydrogen-bond donors (Lipinski definition) is 1. The minimum absolute atomic E-state index is 0. The van der Waals surface area contributed by atoms with Crippen molar-refractivity contribution in [2.24, 2.45) is 5.73 Å². The van der Waals surface area contributed by atoms with Crippen LogP contribution in [0, 0.1) is 0 Å². The normalized spacial score (nSPS) is 11.5. The van der Waals surface area contributed by atoms with Gasteiger partial charge in [-0.3, -0.25) is 4.79 Å². The standard InChI is InChI=1S/C17H17F2NO3.ClH/c18-17(19)23-14-8-6-12(7-9-14)10-15(20)16(21)22-11-13-4-2-1-3-5-13;/h1-9,15,17H,10-11,20H2;1H/t15-;/m0./s1. The van der Waals surface area contributed by atoms with Crippen molar-refractivity contribution in [3.8, 4) is 5.75 Å². The Morgan fingerprint density at radius 1 is 1.00 bits per heavy atom. The van der Waals surface area contributed by atoms with E-state index in [4.69, 9.17) is 10.5 Å². The molecule has 1 atom stereocenters. The van der Waals surface area contributed by atoms with Gasteiger partial charge in [0.05, 0.1) is 0 Å². The number of ether oxygens (including phenoxy) is 2. The van der Waals surface area contributed by atoms with Crippen LogP contribution in [0.25, 0.3) is 0 Å². The molecular formula is C17H18ClF2NO3. The van der Waals surface area contributed by atoms with Crippen LogP contribution in [-0.4, -0.2) is 18.6 Å². The second-order valence-electron chi connectivity index (χ2n) is 4.93. The highest BCUT2D eigenvalue weighted by molar-refractivity contribution is 5.85. The lowest BCUT2D eigenvalue weighted by Crippen LogP contribution is -2.34. The number of carbonyl (C=O) groups is 1. The molecule has 2 aromatic rings. The summed E-state index contributed by atoms with van der Waals surface area (Å²) in [6.07, 6.45) is 0.253. The first kappa shape index (κ1) is 19.9. The van der Waals surface area contributed by atoms with Crippen LogP contribution >= 0.6 is 12.4 Å². The molecule has 0 fully saturated rings. The molecule has 0 aromatic heterocycles. The van der Waals surface area contributed by atoms with Gasteiger partial charge in [-0.2, -0.15) is 8.78 Å². The summed E-state index contributed by atoms with van der Waals surface area (Å²) in [5, 5.41) is 0. The number of nitrogens with two attached hydrogens (primary N) is 1. The maximum absolute atomic E-state index is 12.1. The monoisotopic (exact) mass is 357 g/mol. The SMILES string of the molecule is Cl.N[C@@H](Cc1ccc(OC(F)F)cc1)C(=O)OCc1ccccc1. The van der Waals surface area contributed by atoms with Gasteiger partial charge < -0.3 is 15.2 Å². The highest BCUT2D eigenvalue weighted by atomic mass is 35.5. The summed E-state index contributed by atoms with van der Waals surface area (Å²) in [6, 6.07) is 14.4. The summed E-state index contributed by atoms with van der Waals surface area (Å²) in [4.78, 5) is 11.9. The molecular weight excluding hydrogens is 340 g/mol. The van der Waals surface area contributed by atoms with Crippen molar-refractivity contribution in [1.82, 2.24) is 0 Å². The molecule has 0 bridgehead atoms. The summed E-state index contributed by atoms with van der Waals surface area (Å²) in [6.45, 7) is -2.70. The molecule has 2 rings (SSSR count). The summed E-state index contributed by atoms with van der Waals surface area (Å²) in [7, 11) is 0. The molecule has 130 valence electrons. The Labute approximate surface area is 145 Å². The van der Waals surface area contributed by atoms with E-state index >= 15 is 0 Å². The zero-order valence-corrected chi connectivity index (χ0v) is 13.5. The number of halogens is 3. The molecule has 0 saturated heterocycles. The van der Waals surface area contributed by atoms with Crippen molar-refractivity contribution < 1.29 is 23.0 Å². The molecule has 2 N–H and O–H groups in total. The van der Waals surface area contributed by atoms with E-state index in [1.165, 1.54) is 12.1 Å². The van der Waals surface area contributed by atoms with E-state index in [1.54, 1.807) is 12.1 Å². The Morgan fingerprint density at radius 3 is 2.21 bits per heavy atom. The van der Waals surface area contributed by atoms with Gasteiger partial charge in [-0.1, -0.05) is 42.5 Å². The zero-order valence-electron chi connectivity index (χ0n) is 12.7. The molecule has 7 heteroatoms. The number of rotatable bonds is 7. The number of hydrogen-bond acceptors (Lipinski definition) is 4. The van der Waals surface area contributed by atoms with Gasteiger partial charge >= 0.3 is 12.6 Å². The van der Waals surface area contributed by atoms with Gasteiger partial charge in [0.1, 0.15) is 18.4 Å². The molecule has 0 unspecified atom stereocenters. The van der Waals surface area contributed by atoms with Crippen LogP contribution in [0.4, 0.5) is 8.78 Å². The molecule has 0 amide bonds. The first-order valence-corrected chi connectivity index (χ1v) is 7.04. The second kappa shape index (κ2) is 9.85. The minimum atomic E-state index is -2.86. The van der Waals surface area contributed by atoms with E-state index in [9.17, 15) is 13.6 Å². The Balaban J connectivity index is 0.00000288. The van der Waals surface area contributed by atoms with E-state index in [1.807, 2.05) is 30.3 Å². The predicted molar refractivity (Wildman–Crippen MR) is 88.2 cm³/mol. The third-order valence-corrected chi connectivity index (χ3v) is 3.13. The average molecular weight is 358 g/mol. The fraction of sp³-hybridized carbons (Fsp3) is 0.235. The third-order valence-electron chi connectivity index (χ3n) is 3.13. The molecule has 0 spiro atoms. The van der Waals surface area contributed by atoms with Crippen molar-refractivity contribution >= 4 is 18.4 Å². The molecule has 0 aliphatic rings. The molecule has 0 aliphatic heterocycles. The van der Waals surface area contributed by atoms with Crippen LogP contribution in [0.15, 0.2) is 54.6 Å². The first-order chi connectivity index (χ1) is 11.0. The number of alkyl halides is 2. The molecule has 24 heavy (non-hydrogen) atoms. The molecule has 0 radical (unpaired) electrons. The number of benzene rings is 2. The lowest BCUT2D eigenvalue weighted by Gasteiger charge is -2.12. The minimum Gasteiger partial charge on any atom is -0.460 e. The smallest absolute Gasteiger partial charge is 0.387 e. The van der Waals surface area contributed by atoms with Crippen LogP contribution in [0.3, 0.4) is 0 Å². The number of esters is 1. The van der Waals surface area contributed by atoms with Crippen molar-refractivity contribution in [3.63, 3.8) is 0 Å². The van der Waals surface area contributed by atoms with E-state index in [0.717, 1.165) is 11.1 Å². The van der Waals surface area contributed by atoms with Crippen LogP contribution in [-0.2, 0) is 22.6 Å². The van der Waals surface area contributed by atoms with Gasteiger partial charge in [-0.15, -0.1) is 12.4 Å². The van der Waals surface area contributed by atoms with Gasteiger partial charge in [-0.05, 0) is 29.7 Å². The van der Waals surface area contributed by atoms with Crippen molar-refractivity contribution in [3.05, 3.63) is 65.7 Å². The van der Waals surface area contributed by atoms with Gasteiger partial charge in [-0.25, -0.2) is 0 Å². The topological polar surface area (TPSA) is 61.5 Å². The number of carbonyl (C=O) groups excluding carboxylic acids is 1. The van der Waals surface area contributed by atoms with E-state index in [0.29, 0.717) is 0 Å².